The SMILES string of the molecule is O=C(NCC(F)(F)F)c1cnc(Nc2ccc3c(c2)CNCC32CC2)nc1Nc1nc(C2(CF)CC2)cs1. The number of thiazole rings is 1. The van der Waals surface area contributed by atoms with Gasteiger partial charge < -0.3 is 21.3 Å². The fourth-order valence-electron chi connectivity index (χ4n) is 4.86. The number of aromatic nitrogens is 3. The van der Waals surface area contributed by atoms with E-state index >= 15 is 0 Å². The summed E-state index contributed by atoms with van der Waals surface area (Å²) in [6.45, 7) is -0.268. The molecular weight excluding hydrogens is 522 g/mol. The van der Waals surface area contributed by atoms with Crippen LogP contribution in [0.2, 0.25) is 0 Å². The fourth-order valence-corrected chi connectivity index (χ4v) is 5.69. The molecule has 1 amide bonds. The average molecular weight is 548 g/mol. The van der Waals surface area contributed by atoms with Crippen molar-refractivity contribution in [3.8, 4) is 0 Å². The van der Waals surface area contributed by atoms with Gasteiger partial charge in [-0.25, -0.2) is 9.97 Å². The highest BCUT2D eigenvalue weighted by molar-refractivity contribution is 7.13. The van der Waals surface area contributed by atoms with Crippen LogP contribution in [0.15, 0.2) is 29.8 Å². The summed E-state index contributed by atoms with van der Waals surface area (Å²) >= 11 is 1.21. The topological polar surface area (TPSA) is 104 Å². The molecule has 6 rings (SSSR count). The predicted molar refractivity (Wildman–Crippen MR) is 135 cm³/mol. The predicted octanol–water partition coefficient (Wildman–Crippen LogP) is 4.85. The molecule has 1 spiro atoms. The van der Waals surface area contributed by atoms with E-state index in [0.717, 1.165) is 18.8 Å². The van der Waals surface area contributed by atoms with Crippen molar-refractivity contribution in [1.82, 2.24) is 25.6 Å². The third-order valence-electron chi connectivity index (χ3n) is 7.43. The zero-order valence-corrected chi connectivity index (χ0v) is 21.0. The summed E-state index contributed by atoms with van der Waals surface area (Å²) in [5, 5.41) is 13.5. The second-order valence-electron chi connectivity index (χ2n) is 10.2. The first kappa shape index (κ1) is 25.0. The maximum absolute atomic E-state index is 13.5. The quantitative estimate of drug-likeness (QED) is 0.299. The number of halogens is 4. The molecule has 3 aromatic rings. The number of anilines is 4. The lowest BCUT2D eigenvalue weighted by atomic mass is 9.88. The molecular formula is C25H25F4N7OS. The Kier molecular flexibility index (Phi) is 6.02. The molecule has 2 saturated carbocycles. The molecule has 200 valence electrons. The van der Waals surface area contributed by atoms with Gasteiger partial charge >= 0.3 is 6.18 Å². The number of carbonyl (C=O) groups excluding carboxylic acids is 1. The molecule has 2 fully saturated rings. The van der Waals surface area contributed by atoms with E-state index in [1.54, 1.807) is 5.38 Å². The van der Waals surface area contributed by atoms with Gasteiger partial charge in [0.05, 0.1) is 5.69 Å². The molecule has 1 aliphatic heterocycles. The molecule has 4 N–H and O–H groups in total. The zero-order valence-electron chi connectivity index (χ0n) is 20.2. The Bertz CT molecular complexity index is 1380. The number of nitrogens with one attached hydrogen (secondary N) is 4. The molecule has 13 heteroatoms. The molecule has 0 saturated heterocycles. The van der Waals surface area contributed by atoms with Crippen molar-refractivity contribution in [1.29, 1.82) is 0 Å². The van der Waals surface area contributed by atoms with Gasteiger partial charge in [-0.2, -0.15) is 18.2 Å². The van der Waals surface area contributed by atoms with Gasteiger partial charge in [0.15, 0.2) is 10.9 Å². The third kappa shape index (κ3) is 4.92. The molecule has 2 aromatic heterocycles. The Morgan fingerprint density at radius 2 is 1.95 bits per heavy atom. The molecule has 2 aliphatic carbocycles. The Balaban J connectivity index is 1.26. The van der Waals surface area contributed by atoms with Gasteiger partial charge in [-0.1, -0.05) is 6.07 Å². The van der Waals surface area contributed by atoms with Crippen LogP contribution in [0.5, 0.6) is 0 Å². The summed E-state index contributed by atoms with van der Waals surface area (Å²) in [7, 11) is 0. The van der Waals surface area contributed by atoms with E-state index < -0.39 is 30.7 Å². The number of alkyl halides is 4. The summed E-state index contributed by atoms with van der Waals surface area (Å²) in [5.74, 6) is -0.834. The molecule has 8 nitrogen and oxygen atoms in total. The fraction of sp³-hybridized carbons (Fsp3) is 0.440. The minimum Gasteiger partial charge on any atom is -0.343 e. The second kappa shape index (κ2) is 9.16. The summed E-state index contributed by atoms with van der Waals surface area (Å²) in [5.41, 5.74) is 3.40. The maximum Gasteiger partial charge on any atom is 0.405 e. The van der Waals surface area contributed by atoms with Crippen LogP contribution in [0.3, 0.4) is 0 Å². The van der Waals surface area contributed by atoms with E-state index in [2.05, 4.69) is 37.0 Å². The average Bonchev–Trinajstić information content (AvgIpc) is 3.81. The standard InChI is InChI=1S/C25H25F4N7OS/c26-11-23(3-4-23)18-10-38-22(34-18)36-19-16(20(37)32-13-25(27,28)29)9-31-21(35-19)33-15-1-2-17-14(7-15)8-30-12-24(17)5-6-24/h1-2,7,9-10,30H,3-6,8,11-13H2,(H,32,37)(H2,31,33,34,35,36). The molecule has 0 bridgehead atoms. The monoisotopic (exact) mass is 547 g/mol. The lowest BCUT2D eigenvalue weighted by Gasteiger charge is -2.26. The van der Waals surface area contributed by atoms with Crippen molar-refractivity contribution < 1.29 is 22.4 Å². The molecule has 0 unspecified atom stereocenters. The number of rotatable bonds is 8. The van der Waals surface area contributed by atoms with E-state index in [4.69, 9.17) is 0 Å². The van der Waals surface area contributed by atoms with Crippen molar-refractivity contribution in [2.45, 2.75) is 49.2 Å². The molecule has 38 heavy (non-hydrogen) atoms. The summed E-state index contributed by atoms with van der Waals surface area (Å²) < 4.78 is 51.6. The zero-order chi connectivity index (χ0) is 26.5. The van der Waals surface area contributed by atoms with Crippen LogP contribution in [-0.4, -0.2) is 46.8 Å². The van der Waals surface area contributed by atoms with Crippen LogP contribution >= 0.6 is 11.3 Å². The molecule has 3 heterocycles. The molecule has 1 aromatic carbocycles. The molecule has 0 atom stereocenters. The number of amides is 1. The number of benzene rings is 1. The highest BCUT2D eigenvalue weighted by Gasteiger charge is 2.47. The normalized spacial score (nSPS) is 18.5. The van der Waals surface area contributed by atoms with Crippen LogP contribution in [0.1, 0.15) is 52.9 Å². The first-order chi connectivity index (χ1) is 18.2. The van der Waals surface area contributed by atoms with E-state index in [1.165, 1.54) is 41.5 Å². The van der Waals surface area contributed by atoms with Gasteiger partial charge in [-0.15, -0.1) is 11.3 Å². The lowest BCUT2D eigenvalue weighted by molar-refractivity contribution is -0.123. The highest BCUT2D eigenvalue weighted by Crippen LogP contribution is 2.51. The van der Waals surface area contributed by atoms with Crippen molar-refractivity contribution in [2.75, 3.05) is 30.4 Å². The summed E-state index contributed by atoms with van der Waals surface area (Å²) in [6, 6.07) is 6.09. The van der Waals surface area contributed by atoms with Crippen LogP contribution in [0, 0.1) is 0 Å². The third-order valence-corrected chi connectivity index (χ3v) is 8.19. The van der Waals surface area contributed by atoms with Gasteiger partial charge in [-0.3, -0.25) is 9.18 Å². The minimum absolute atomic E-state index is 0.00951. The number of nitrogens with zero attached hydrogens (tertiary/aromatic N) is 3. The Morgan fingerprint density at radius 1 is 1.13 bits per heavy atom. The van der Waals surface area contributed by atoms with E-state index in [0.29, 0.717) is 23.7 Å². The highest BCUT2D eigenvalue weighted by atomic mass is 32.1. The number of hydrogen-bond donors (Lipinski definition) is 4. The number of fused-ring (bicyclic) bond motifs is 2. The van der Waals surface area contributed by atoms with Crippen LogP contribution in [0.25, 0.3) is 0 Å². The van der Waals surface area contributed by atoms with Gasteiger partial charge in [-0.05, 0) is 48.9 Å². The van der Waals surface area contributed by atoms with Gasteiger partial charge in [0.25, 0.3) is 5.91 Å². The van der Waals surface area contributed by atoms with Gasteiger partial charge in [0.2, 0.25) is 5.95 Å². The molecule has 0 radical (unpaired) electrons. The van der Waals surface area contributed by atoms with Crippen molar-refractivity contribution >= 4 is 39.8 Å². The van der Waals surface area contributed by atoms with Crippen molar-refractivity contribution in [2.24, 2.45) is 0 Å². The first-order valence-electron chi connectivity index (χ1n) is 12.3. The summed E-state index contributed by atoms with van der Waals surface area (Å²) in [6.07, 6.45) is 0.344. The second-order valence-corrected chi connectivity index (χ2v) is 11.1. The smallest absolute Gasteiger partial charge is 0.343 e. The van der Waals surface area contributed by atoms with Crippen LogP contribution < -0.4 is 21.3 Å². The van der Waals surface area contributed by atoms with Crippen LogP contribution in [0.4, 0.5) is 40.1 Å². The Hall–Kier alpha value is -3.32. The van der Waals surface area contributed by atoms with Crippen LogP contribution in [-0.2, 0) is 17.4 Å². The Labute approximate surface area is 219 Å². The summed E-state index contributed by atoms with van der Waals surface area (Å²) in [4.78, 5) is 25.6. The lowest BCUT2D eigenvalue weighted by Crippen LogP contribution is -2.34. The number of hydrogen-bond acceptors (Lipinski definition) is 8. The van der Waals surface area contributed by atoms with Crippen molar-refractivity contribution in [3.05, 3.63) is 52.2 Å². The van der Waals surface area contributed by atoms with E-state index in [9.17, 15) is 22.4 Å². The van der Waals surface area contributed by atoms with E-state index in [-0.39, 0.29) is 22.7 Å². The largest absolute Gasteiger partial charge is 0.405 e. The van der Waals surface area contributed by atoms with Gasteiger partial charge in [0, 0.05) is 41.2 Å². The number of carbonyl (C=O) groups is 1. The van der Waals surface area contributed by atoms with E-state index in [1.807, 2.05) is 17.4 Å². The maximum atomic E-state index is 13.5. The Morgan fingerprint density at radius 3 is 2.66 bits per heavy atom. The van der Waals surface area contributed by atoms with Gasteiger partial charge in [0.1, 0.15) is 18.8 Å². The molecule has 3 aliphatic rings. The van der Waals surface area contributed by atoms with Crippen molar-refractivity contribution in [3.63, 3.8) is 0 Å². The first-order valence-corrected chi connectivity index (χ1v) is 13.2. The minimum atomic E-state index is -4.57.